The van der Waals surface area contributed by atoms with Crippen LogP contribution < -0.4 is 5.84 Å². The monoisotopic (exact) mass is 318 g/mol. The summed E-state index contributed by atoms with van der Waals surface area (Å²) in [5, 5.41) is 14.0. The van der Waals surface area contributed by atoms with E-state index in [1.165, 1.54) is 28.5 Å². The van der Waals surface area contributed by atoms with Crippen molar-refractivity contribution in [1.82, 2.24) is 5.01 Å². The molecular weight excluding hydrogens is 296 g/mol. The summed E-state index contributed by atoms with van der Waals surface area (Å²) in [5.41, 5.74) is 0.147. The number of nitro groups is 1. The average molecular weight is 318 g/mol. The first-order valence-corrected chi connectivity index (χ1v) is 8.95. The fourth-order valence-electron chi connectivity index (χ4n) is 2.07. The molecule has 0 aromatic carbocycles. The van der Waals surface area contributed by atoms with Gasteiger partial charge in [0.25, 0.3) is 0 Å². The first-order valence-electron chi connectivity index (χ1n) is 6.74. The minimum absolute atomic E-state index is 0.147. The first-order chi connectivity index (χ1) is 9.56. The summed E-state index contributed by atoms with van der Waals surface area (Å²) in [7, 11) is 0. The quantitative estimate of drug-likeness (QED) is 0.336. The van der Waals surface area contributed by atoms with Crippen LogP contribution >= 0.6 is 23.5 Å². The van der Waals surface area contributed by atoms with Gasteiger partial charge < -0.3 is 0 Å². The van der Waals surface area contributed by atoms with Crippen molar-refractivity contribution in [2.45, 2.75) is 45.6 Å². The molecule has 0 fully saturated rings. The van der Waals surface area contributed by atoms with Gasteiger partial charge in [0, 0.05) is 0 Å². The molecule has 0 radical (unpaired) electrons. The van der Waals surface area contributed by atoms with Crippen LogP contribution in [0.15, 0.2) is 15.7 Å². The summed E-state index contributed by atoms with van der Waals surface area (Å²) < 4.78 is 0. The Morgan fingerprint density at radius 3 is 2.65 bits per heavy atom. The van der Waals surface area contributed by atoms with Crippen LogP contribution in [-0.4, -0.2) is 33.2 Å². The van der Waals surface area contributed by atoms with Crippen LogP contribution in [0.3, 0.4) is 0 Å². The van der Waals surface area contributed by atoms with Crippen molar-refractivity contribution < 1.29 is 4.92 Å². The highest BCUT2D eigenvalue weighted by Gasteiger charge is 2.38. The molecule has 1 atom stereocenters. The van der Waals surface area contributed by atoms with Gasteiger partial charge in [0.15, 0.2) is 10.2 Å². The van der Waals surface area contributed by atoms with Crippen molar-refractivity contribution in [3.05, 3.63) is 20.8 Å². The lowest BCUT2D eigenvalue weighted by Gasteiger charge is -2.31. The Bertz CT molecular complexity index is 412. The second kappa shape index (κ2) is 8.53. The maximum absolute atomic E-state index is 11.4. The van der Waals surface area contributed by atoms with Gasteiger partial charge in [-0.1, -0.05) is 56.6 Å². The highest BCUT2D eigenvalue weighted by molar-refractivity contribution is 8.13. The van der Waals surface area contributed by atoms with Gasteiger partial charge in [-0.25, -0.2) is 10.8 Å². The molecule has 0 saturated heterocycles. The van der Waals surface area contributed by atoms with Crippen molar-refractivity contribution in [3.8, 4) is 0 Å². The van der Waals surface area contributed by atoms with Crippen LogP contribution in [0.4, 0.5) is 0 Å². The zero-order chi connectivity index (χ0) is 15.1. The van der Waals surface area contributed by atoms with Crippen LogP contribution in [0.1, 0.15) is 39.5 Å². The lowest BCUT2D eigenvalue weighted by Crippen LogP contribution is -2.49. The third kappa shape index (κ3) is 4.13. The second-order valence-electron chi connectivity index (χ2n) is 4.40. The molecule has 1 heterocycles. The molecule has 0 spiro atoms. The number of amidine groups is 1. The van der Waals surface area contributed by atoms with E-state index >= 15 is 0 Å². The number of thioether (sulfide) groups is 2. The molecule has 8 heteroatoms. The van der Waals surface area contributed by atoms with Crippen LogP contribution in [-0.2, 0) is 0 Å². The molecule has 20 heavy (non-hydrogen) atoms. The Morgan fingerprint density at radius 2 is 2.15 bits per heavy atom. The molecule has 0 bridgehead atoms. The first kappa shape index (κ1) is 17.3. The number of nitrogens with zero attached hydrogens (tertiary/aromatic N) is 3. The highest BCUT2D eigenvalue weighted by Crippen LogP contribution is 2.33. The van der Waals surface area contributed by atoms with Gasteiger partial charge >= 0.3 is 5.70 Å². The molecule has 1 rings (SSSR count). The third-order valence-electron chi connectivity index (χ3n) is 3.03. The second-order valence-corrected chi connectivity index (χ2v) is 6.42. The zero-order valence-corrected chi connectivity index (χ0v) is 13.8. The van der Waals surface area contributed by atoms with E-state index in [1.54, 1.807) is 0 Å². The van der Waals surface area contributed by atoms with E-state index in [2.05, 4.69) is 11.9 Å². The zero-order valence-electron chi connectivity index (χ0n) is 12.2. The Morgan fingerprint density at radius 1 is 1.45 bits per heavy atom. The number of hydrogen-bond acceptors (Lipinski definition) is 7. The maximum atomic E-state index is 11.4. The normalized spacial score (nSPS) is 19.3. The van der Waals surface area contributed by atoms with Gasteiger partial charge in [0.05, 0.1) is 4.92 Å². The van der Waals surface area contributed by atoms with Crippen LogP contribution in [0, 0.1) is 10.1 Å². The van der Waals surface area contributed by atoms with Gasteiger partial charge in [0.1, 0.15) is 6.04 Å². The largest absolute Gasteiger partial charge is 0.302 e. The Hall–Kier alpha value is -0.730. The van der Waals surface area contributed by atoms with Gasteiger partial charge in [-0.2, -0.15) is 0 Å². The Labute approximate surface area is 128 Å². The molecule has 0 saturated carbocycles. The van der Waals surface area contributed by atoms with E-state index in [9.17, 15) is 10.1 Å². The fourth-order valence-corrected chi connectivity index (χ4v) is 3.43. The molecule has 1 unspecified atom stereocenters. The molecule has 0 aliphatic carbocycles. The maximum Gasteiger partial charge on any atom is 0.302 e. The van der Waals surface area contributed by atoms with E-state index < -0.39 is 0 Å². The molecule has 0 aromatic heterocycles. The molecule has 114 valence electrons. The summed E-state index contributed by atoms with van der Waals surface area (Å²) in [4.78, 5) is 15.4. The minimum Gasteiger partial charge on any atom is -0.275 e. The number of hydrazine groups is 1. The standard InChI is InChI=1S/C12H22N4O2S2/c1-4-6-7-8-9-10(16(17)18)11(20-5-2)14-12(19-3)15(9)13/h9H,4-8,13H2,1-3H3. The van der Waals surface area contributed by atoms with E-state index in [1.807, 2.05) is 13.2 Å². The third-order valence-corrected chi connectivity index (χ3v) is 4.56. The van der Waals surface area contributed by atoms with Gasteiger partial charge in [0.2, 0.25) is 0 Å². The molecule has 1 aliphatic rings. The van der Waals surface area contributed by atoms with Crippen molar-refractivity contribution in [3.63, 3.8) is 0 Å². The van der Waals surface area contributed by atoms with Crippen LogP contribution in [0.5, 0.6) is 0 Å². The van der Waals surface area contributed by atoms with Crippen LogP contribution in [0.2, 0.25) is 0 Å². The predicted octanol–water partition coefficient (Wildman–Crippen LogP) is 3.04. The van der Waals surface area contributed by atoms with Crippen LogP contribution in [0.25, 0.3) is 0 Å². The molecular formula is C12H22N4O2S2. The summed E-state index contributed by atoms with van der Waals surface area (Å²) in [6, 6.07) is -0.384. The average Bonchev–Trinajstić information content (AvgIpc) is 2.41. The van der Waals surface area contributed by atoms with Crippen molar-refractivity contribution in [2.75, 3.05) is 12.0 Å². The number of nitrogens with two attached hydrogens (primary N) is 1. The molecule has 1 aliphatic heterocycles. The Kier molecular flexibility index (Phi) is 7.39. The van der Waals surface area contributed by atoms with E-state index in [-0.39, 0.29) is 16.7 Å². The molecule has 2 N–H and O–H groups in total. The highest BCUT2D eigenvalue weighted by atomic mass is 32.2. The number of aliphatic imine (C=N–C) groups is 1. The summed E-state index contributed by atoms with van der Waals surface area (Å²) in [6.45, 7) is 4.07. The van der Waals surface area contributed by atoms with Crippen molar-refractivity contribution in [2.24, 2.45) is 10.8 Å². The number of hydrogen-bond donors (Lipinski definition) is 1. The number of unbranched alkanes of at least 4 members (excludes halogenated alkanes) is 2. The van der Waals surface area contributed by atoms with Gasteiger partial charge in [-0.15, -0.1) is 0 Å². The molecule has 6 nitrogen and oxygen atoms in total. The summed E-state index contributed by atoms with van der Waals surface area (Å²) in [5.74, 6) is 6.79. The Balaban J connectivity index is 3.09. The lowest BCUT2D eigenvalue weighted by atomic mass is 10.1. The minimum atomic E-state index is -0.384. The van der Waals surface area contributed by atoms with Gasteiger partial charge in [-0.3, -0.25) is 15.1 Å². The lowest BCUT2D eigenvalue weighted by molar-refractivity contribution is -0.433. The fraction of sp³-hybridized carbons (Fsp3) is 0.750. The smallest absolute Gasteiger partial charge is 0.275 e. The number of rotatable bonds is 7. The van der Waals surface area contributed by atoms with E-state index in [4.69, 9.17) is 5.84 Å². The topological polar surface area (TPSA) is 84.8 Å². The van der Waals surface area contributed by atoms with Crippen molar-refractivity contribution in [1.29, 1.82) is 0 Å². The summed E-state index contributed by atoms with van der Waals surface area (Å²) in [6.07, 6.45) is 5.63. The van der Waals surface area contributed by atoms with E-state index in [0.29, 0.717) is 16.6 Å². The van der Waals surface area contributed by atoms with Gasteiger partial charge in [-0.05, 0) is 18.4 Å². The predicted molar refractivity (Wildman–Crippen MR) is 87.1 cm³/mol. The summed E-state index contributed by atoms with van der Waals surface area (Å²) >= 11 is 2.83. The van der Waals surface area contributed by atoms with Crippen molar-refractivity contribution >= 4 is 28.7 Å². The van der Waals surface area contributed by atoms with E-state index in [0.717, 1.165) is 25.0 Å². The molecule has 0 aromatic rings. The SMILES string of the molecule is CCCCCC1C([N+](=O)[O-])=C(SCC)N=C(SC)N1N. The molecule has 0 amide bonds.